The number of hydrogen-bond donors (Lipinski definition) is 0. The largest absolute Gasteiger partial charge is 0.496 e. The molecule has 0 aromatic heterocycles. The summed E-state index contributed by atoms with van der Waals surface area (Å²) in [7, 11) is 4.64. The minimum absolute atomic E-state index is 0.0326. The van der Waals surface area contributed by atoms with E-state index in [2.05, 4.69) is 0 Å². The molecule has 0 bridgehead atoms. The quantitative estimate of drug-likeness (QED) is 0.624. The van der Waals surface area contributed by atoms with Crippen molar-refractivity contribution in [3.05, 3.63) is 46.5 Å². The lowest BCUT2D eigenvalue weighted by Gasteiger charge is -2.15. The fraction of sp³-hybridized carbons (Fsp3) is 0.200. The molecule has 0 aliphatic carbocycles. The third-order valence-corrected chi connectivity index (χ3v) is 3.08. The van der Waals surface area contributed by atoms with Crippen molar-refractivity contribution in [1.29, 1.82) is 0 Å². The molecule has 0 saturated carbocycles. The summed E-state index contributed by atoms with van der Waals surface area (Å²) in [4.78, 5) is 10.3. The third kappa shape index (κ3) is 2.89. The van der Waals surface area contributed by atoms with E-state index in [4.69, 9.17) is 14.2 Å². The van der Waals surface area contributed by atoms with Gasteiger partial charge in [-0.05, 0) is 17.7 Å². The Morgan fingerprint density at radius 2 is 1.43 bits per heavy atom. The van der Waals surface area contributed by atoms with Crippen LogP contribution in [0.3, 0.4) is 0 Å². The summed E-state index contributed by atoms with van der Waals surface area (Å²) in [5, 5.41) is 10.7. The molecule has 0 spiro atoms. The lowest BCUT2D eigenvalue weighted by molar-refractivity contribution is -0.384. The van der Waals surface area contributed by atoms with Crippen LogP contribution in [0, 0.1) is 10.1 Å². The maximum absolute atomic E-state index is 10.7. The Bertz CT molecular complexity index is 627. The average molecular weight is 289 g/mol. The summed E-state index contributed by atoms with van der Waals surface area (Å²) >= 11 is 0. The SMILES string of the molecule is COc1cc(OC)c(-c2ccc([N+](=O)[O-])cc2)c(OC)c1. The van der Waals surface area contributed by atoms with Crippen molar-refractivity contribution in [3.8, 4) is 28.4 Å². The van der Waals surface area contributed by atoms with Gasteiger partial charge in [-0.25, -0.2) is 0 Å². The van der Waals surface area contributed by atoms with E-state index in [1.807, 2.05) is 0 Å². The minimum Gasteiger partial charge on any atom is -0.496 e. The number of rotatable bonds is 5. The molecule has 2 rings (SSSR count). The van der Waals surface area contributed by atoms with Gasteiger partial charge >= 0.3 is 0 Å². The van der Waals surface area contributed by atoms with Crippen LogP contribution in [0.1, 0.15) is 0 Å². The number of benzene rings is 2. The van der Waals surface area contributed by atoms with Crippen LogP contribution in [0.2, 0.25) is 0 Å². The summed E-state index contributed by atoms with van der Waals surface area (Å²) in [6.45, 7) is 0. The smallest absolute Gasteiger partial charge is 0.269 e. The van der Waals surface area contributed by atoms with Gasteiger partial charge in [-0.2, -0.15) is 0 Å². The lowest BCUT2D eigenvalue weighted by atomic mass is 10.0. The van der Waals surface area contributed by atoms with E-state index in [1.165, 1.54) is 12.1 Å². The zero-order valence-electron chi connectivity index (χ0n) is 12.0. The Labute approximate surface area is 122 Å². The van der Waals surface area contributed by atoms with E-state index in [0.717, 1.165) is 11.1 Å². The molecule has 0 amide bonds. The number of nitro benzene ring substituents is 1. The molecule has 21 heavy (non-hydrogen) atoms. The summed E-state index contributed by atoms with van der Waals surface area (Å²) in [5.74, 6) is 1.74. The van der Waals surface area contributed by atoms with Gasteiger partial charge in [-0.15, -0.1) is 0 Å². The highest BCUT2D eigenvalue weighted by molar-refractivity contribution is 5.78. The second-order valence-electron chi connectivity index (χ2n) is 4.21. The van der Waals surface area contributed by atoms with Crippen LogP contribution in [0.4, 0.5) is 5.69 Å². The maximum Gasteiger partial charge on any atom is 0.269 e. The molecule has 2 aromatic carbocycles. The number of ether oxygens (including phenoxy) is 3. The first kappa shape index (κ1) is 14.6. The molecule has 0 radical (unpaired) electrons. The van der Waals surface area contributed by atoms with Gasteiger partial charge in [-0.1, -0.05) is 0 Å². The van der Waals surface area contributed by atoms with E-state index in [1.54, 1.807) is 45.6 Å². The van der Waals surface area contributed by atoms with E-state index in [9.17, 15) is 10.1 Å². The van der Waals surface area contributed by atoms with Crippen LogP contribution < -0.4 is 14.2 Å². The number of nitro groups is 1. The number of nitrogens with zero attached hydrogens (tertiary/aromatic N) is 1. The van der Waals surface area contributed by atoms with Gasteiger partial charge in [0.1, 0.15) is 17.2 Å². The van der Waals surface area contributed by atoms with Crippen LogP contribution in [0.15, 0.2) is 36.4 Å². The first-order chi connectivity index (χ1) is 10.1. The van der Waals surface area contributed by atoms with Crippen LogP contribution in [0.25, 0.3) is 11.1 Å². The summed E-state index contributed by atoms with van der Waals surface area (Å²) in [5.41, 5.74) is 1.51. The molecule has 0 aliphatic heterocycles. The van der Waals surface area contributed by atoms with Gasteiger partial charge < -0.3 is 14.2 Å². The van der Waals surface area contributed by atoms with Gasteiger partial charge in [-0.3, -0.25) is 10.1 Å². The molecule has 0 saturated heterocycles. The Kier molecular flexibility index (Phi) is 4.27. The van der Waals surface area contributed by atoms with E-state index in [-0.39, 0.29) is 5.69 Å². The molecule has 2 aromatic rings. The Hall–Kier alpha value is -2.76. The molecule has 6 heteroatoms. The second kappa shape index (κ2) is 6.13. The number of hydrogen-bond acceptors (Lipinski definition) is 5. The van der Waals surface area contributed by atoms with Gasteiger partial charge in [0.05, 0.1) is 31.8 Å². The average Bonchev–Trinajstić information content (AvgIpc) is 2.53. The normalized spacial score (nSPS) is 10.0. The lowest BCUT2D eigenvalue weighted by Crippen LogP contribution is -1.95. The molecule has 0 atom stereocenters. The van der Waals surface area contributed by atoms with Gasteiger partial charge in [0.25, 0.3) is 5.69 Å². The standard InChI is InChI=1S/C15H15NO5/c1-19-12-8-13(20-2)15(14(9-12)21-3)10-4-6-11(7-5-10)16(17)18/h4-9H,1-3H3. The molecular weight excluding hydrogens is 274 g/mol. The first-order valence-corrected chi connectivity index (χ1v) is 6.15. The third-order valence-electron chi connectivity index (χ3n) is 3.08. The Morgan fingerprint density at radius 3 is 1.81 bits per heavy atom. The van der Waals surface area contributed by atoms with Crippen molar-refractivity contribution in [1.82, 2.24) is 0 Å². The highest BCUT2D eigenvalue weighted by Crippen LogP contribution is 2.42. The molecule has 110 valence electrons. The first-order valence-electron chi connectivity index (χ1n) is 6.15. The number of non-ortho nitro benzene ring substituents is 1. The van der Waals surface area contributed by atoms with Gasteiger partial charge in [0, 0.05) is 24.3 Å². The predicted molar refractivity (Wildman–Crippen MR) is 78.2 cm³/mol. The summed E-state index contributed by atoms with van der Waals surface area (Å²) < 4.78 is 15.9. The van der Waals surface area contributed by atoms with Crippen molar-refractivity contribution in [2.24, 2.45) is 0 Å². The van der Waals surface area contributed by atoms with Gasteiger partial charge in [0.2, 0.25) is 0 Å². The molecule has 0 fully saturated rings. The molecular formula is C15H15NO5. The molecule has 6 nitrogen and oxygen atoms in total. The Balaban J connectivity index is 2.58. The van der Waals surface area contributed by atoms with Crippen LogP contribution >= 0.6 is 0 Å². The topological polar surface area (TPSA) is 70.8 Å². The minimum atomic E-state index is -0.438. The number of methoxy groups -OCH3 is 3. The van der Waals surface area contributed by atoms with Crippen molar-refractivity contribution >= 4 is 5.69 Å². The van der Waals surface area contributed by atoms with Crippen LogP contribution in [-0.2, 0) is 0 Å². The van der Waals surface area contributed by atoms with E-state index in [0.29, 0.717) is 17.2 Å². The summed E-state index contributed by atoms with van der Waals surface area (Å²) in [6, 6.07) is 9.67. The van der Waals surface area contributed by atoms with E-state index < -0.39 is 4.92 Å². The van der Waals surface area contributed by atoms with Crippen molar-refractivity contribution in [2.45, 2.75) is 0 Å². The van der Waals surface area contributed by atoms with Crippen molar-refractivity contribution < 1.29 is 19.1 Å². The second-order valence-corrected chi connectivity index (χ2v) is 4.21. The highest BCUT2D eigenvalue weighted by atomic mass is 16.6. The molecule has 0 N–H and O–H groups in total. The van der Waals surface area contributed by atoms with Crippen molar-refractivity contribution in [2.75, 3.05) is 21.3 Å². The summed E-state index contributed by atoms with van der Waals surface area (Å²) in [6.07, 6.45) is 0. The highest BCUT2D eigenvalue weighted by Gasteiger charge is 2.16. The zero-order chi connectivity index (χ0) is 15.4. The van der Waals surface area contributed by atoms with Crippen LogP contribution in [-0.4, -0.2) is 26.3 Å². The van der Waals surface area contributed by atoms with Gasteiger partial charge in [0.15, 0.2) is 0 Å². The molecule has 0 aliphatic rings. The fourth-order valence-electron chi connectivity index (χ4n) is 2.04. The maximum atomic E-state index is 10.7. The monoisotopic (exact) mass is 289 g/mol. The predicted octanol–water partition coefficient (Wildman–Crippen LogP) is 3.29. The van der Waals surface area contributed by atoms with Crippen LogP contribution in [0.5, 0.6) is 17.2 Å². The Morgan fingerprint density at radius 1 is 0.905 bits per heavy atom. The van der Waals surface area contributed by atoms with Crippen molar-refractivity contribution in [3.63, 3.8) is 0 Å². The fourth-order valence-corrected chi connectivity index (χ4v) is 2.04. The zero-order valence-corrected chi connectivity index (χ0v) is 12.0. The molecule has 0 heterocycles. The molecule has 0 unspecified atom stereocenters. The van der Waals surface area contributed by atoms with E-state index >= 15 is 0 Å².